The van der Waals surface area contributed by atoms with Crippen molar-refractivity contribution in [1.29, 1.82) is 0 Å². The van der Waals surface area contributed by atoms with Gasteiger partial charge in [-0.3, -0.25) is 0 Å². The minimum absolute atomic E-state index is 0.469. The first-order valence-electron chi connectivity index (χ1n) is 8.60. The molecule has 1 aliphatic carbocycles. The van der Waals surface area contributed by atoms with Gasteiger partial charge in [-0.1, -0.05) is 26.2 Å². The van der Waals surface area contributed by atoms with Crippen LogP contribution in [0, 0.1) is 5.92 Å². The van der Waals surface area contributed by atoms with E-state index in [1.54, 1.807) is 4.31 Å². The van der Waals surface area contributed by atoms with E-state index in [-0.39, 0.29) is 0 Å². The molecule has 124 valence electrons. The maximum atomic E-state index is 12.3. The van der Waals surface area contributed by atoms with Crippen LogP contribution < -0.4 is 10.0 Å². The quantitative estimate of drug-likeness (QED) is 0.605. The van der Waals surface area contributed by atoms with E-state index < -0.39 is 10.2 Å². The van der Waals surface area contributed by atoms with Crippen molar-refractivity contribution in [3.8, 4) is 0 Å². The van der Waals surface area contributed by atoms with Gasteiger partial charge in [0.05, 0.1) is 0 Å². The fourth-order valence-corrected chi connectivity index (χ4v) is 4.24. The Morgan fingerprint density at radius 3 is 2.67 bits per heavy atom. The van der Waals surface area contributed by atoms with Gasteiger partial charge in [0.15, 0.2) is 0 Å². The smallest absolute Gasteiger partial charge is 0.279 e. The summed E-state index contributed by atoms with van der Waals surface area (Å²) in [7, 11) is -3.27. The lowest BCUT2D eigenvalue weighted by Gasteiger charge is -2.32. The Morgan fingerprint density at radius 1 is 1.14 bits per heavy atom. The summed E-state index contributed by atoms with van der Waals surface area (Å²) in [6.07, 6.45) is 9.09. The van der Waals surface area contributed by atoms with Gasteiger partial charge in [-0.25, -0.2) is 4.72 Å². The third-order valence-corrected chi connectivity index (χ3v) is 5.99. The van der Waals surface area contributed by atoms with E-state index in [0.717, 1.165) is 32.2 Å². The molecule has 0 radical (unpaired) electrons. The summed E-state index contributed by atoms with van der Waals surface area (Å²) >= 11 is 0. The summed E-state index contributed by atoms with van der Waals surface area (Å²) in [6, 6.07) is 0.702. The van der Waals surface area contributed by atoms with Crippen molar-refractivity contribution in [3.63, 3.8) is 0 Å². The molecule has 2 fully saturated rings. The number of unbranched alkanes of at least 4 members (excludes halogenated alkanes) is 3. The normalized spacial score (nSPS) is 24.3. The lowest BCUT2D eigenvalue weighted by atomic mass is 10.00. The van der Waals surface area contributed by atoms with E-state index >= 15 is 0 Å². The van der Waals surface area contributed by atoms with E-state index in [1.165, 1.54) is 25.7 Å². The minimum atomic E-state index is -3.27. The third kappa shape index (κ3) is 6.22. The molecule has 5 nitrogen and oxygen atoms in total. The first-order chi connectivity index (χ1) is 10.1. The summed E-state index contributed by atoms with van der Waals surface area (Å²) in [5.74, 6) is 0.469. The van der Waals surface area contributed by atoms with Gasteiger partial charge in [0.2, 0.25) is 0 Å². The van der Waals surface area contributed by atoms with E-state index in [2.05, 4.69) is 17.0 Å². The predicted molar refractivity (Wildman–Crippen MR) is 86.4 cm³/mol. The molecule has 1 aliphatic heterocycles. The van der Waals surface area contributed by atoms with Gasteiger partial charge in [-0.2, -0.15) is 12.7 Å². The predicted octanol–water partition coefficient (Wildman–Crippen LogP) is 1.87. The number of nitrogens with one attached hydrogen (secondary N) is 2. The lowest BCUT2D eigenvalue weighted by molar-refractivity contribution is 0.257. The van der Waals surface area contributed by atoms with Gasteiger partial charge in [0.25, 0.3) is 10.2 Å². The van der Waals surface area contributed by atoms with Crippen molar-refractivity contribution in [2.45, 2.75) is 64.3 Å². The van der Waals surface area contributed by atoms with Gasteiger partial charge < -0.3 is 5.32 Å². The van der Waals surface area contributed by atoms with E-state index in [0.29, 0.717) is 31.6 Å². The van der Waals surface area contributed by atoms with Gasteiger partial charge in [0, 0.05) is 25.7 Å². The second-order valence-corrected chi connectivity index (χ2v) is 8.26. The van der Waals surface area contributed by atoms with Crippen LogP contribution in [0.15, 0.2) is 0 Å². The van der Waals surface area contributed by atoms with Crippen LogP contribution in [-0.4, -0.2) is 44.9 Å². The average molecular weight is 317 g/mol. The standard InChI is InChI=1S/C15H31N3O2S/c1-2-3-4-5-10-17-21(19,20)18-11-6-7-14(13-18)12-16-15-8-9-15/h14-17H,2-13H2,1H3. The molecule has 2 aliphatic rings. The fraction of sp³-hybridized carbons (Fsp3) is 1.00. The van der Waals surface area contributed by atoms with Crippen molar-refractivity contribution in [1.82, 2.24) is 14.3 Å². The molecule has 1 saturated carbocycles. The lowest BCUT2D eigenvalue weighted by Crippen LogP contribution is -2.48. The summed E-state index contributed by atoms with van der Waals surface area (Å²) in [4.78, 5) is 0. The highest BCUT2D eigenvalue weighted by Crippen LogP contribution is 2.22. The molecule has 0 aromatic heterocycles. The summed E-state index contributed by atoms with van der Waals surface area (Å²) in [6.45, 7) is 5.04. The molecule has 0 spiro atoms. The SMILES string of the molecule is CCCCCCNS(=O)(=O)N1CCCC(CNC2CC2)C1. The van der Waals surface area contributed by atoms with Crippen LogP contribution in [0.2, 0.25) is 0 Å². The number of nitrogens with zero attached hydrogens (tertiary/aromatic N) is 1. The number of rotatable bonds is 10. The van der Waals surface area contributed by atoms with Gasteiger partial charge >= 0.3 is 0 Å². The Labute approximate surface area is 130 Å². The monoisotopic (exact) mass is 317 g/mol. The molecular weight excluding hydrogens is 286 g/mol. The number of hydrogen-bond acceptors (Lipinski definition) is 3. The molecule has 0 aromatic rings. The molecule has 2 N–H and O–H groups in total. The summed E-state index contributed by atoms with van der Waals surface area (Å²) in [5, 5.41) is 3.52. The maximum absolute atomic E-state index is 12.3. The van der Waals surface area contributed by atoms with E-state index in [9.17, 15) is 8.42 Å². The molecule has 0 bridgehead atoms. The minimum Gasteiger partial charge on any atom is -0.314 e. The van der Waals surface area contributed by atoms with Crippen LogP contribution in [0.1, 0.15) is 58.3 Å². The highest BCUT2D eigenvalue weighted by molar-refractivity contribution is 7.87. The third-order valence-electron chi connectivity index (χ3n) is 4.41. The topological polar surface area (TPSA) is 61.4 Å². The highest BCUT2D eigenvalue weighted by atomic mass is 32.2. The van der Waals surface area contributed by atoms with Crippen molar-refractivity contribution in [2.24, 2.45) is 5.92 Å². The number of piperidine rings is 1. The molecule has 2 rings (SSSR count). The summed E-state index contributed by atoms with van der Waals surface area (Å²) < 4.78 is 29.0. The van der Waals surface area contributed by atoms with Gasteiger partial charge in [-0.05, 0) is 44.6 Å². The van der Waals surface area contributed by atoms with E-state index in [4.69, 9.17) is 0 Å². The molecule has 1 unspecified atom stereocenters. The second-order valence-electron chi connectivity index (χ2n) is 6.51. The average Bonchev–Trinajstić information content (AvgIpc) is 3.29. The molecular formula is C15H31N3O2S. The van der Waals surface area contributed by atoms with Gasteiger partial charge in [-0.15, -0.1) is 0 Å². The maximum Gasteiger partial charge on any atom is 0.279 e. The van der Waals surface area contributed by atoms with Crippen LogP contribution in [0.5, 0.6) is 0 Å². The van der Waals surface area contributed by atoms with Crippen molar-refractivity contribution in [3.05, 3.63) is 0 Å². The molecule has 0 aromatic carbocycles. The molecule has 1 saturated heterocycles. The number of hydrogen-bond donors (Lipinski definition) is 2. The van der Waals surface area contributed by atoms with Crippen LogP contribution in [-0.2, 0) is 10.2 Å². The Balaban J connectivity index is 1.70. The zero-order valence-corrected chi connectivity index (χ0v) is 14.1. The zero-order chi connectivity index (χ0) is 15.1. The van der Waals surface area contributed by atoms with Gasteiger partial charge in [0.1, 0.15) is 0 Å². The largest absolute Gasteiger partial charge is 0.314 e. The van der Waals surface area contributed by atoms with Crippen LogP contribution in [0.3, 0.4) is 0 Å². The fourth-order valence-electron chi connectivity index (χ4n) is 2.88. The Hall–Kier alpha value is -0.170. The Morgan fingerprint density at radius 2 is 1.95 bits per heavy atom. The Bertz CT molecular complexity index is 396. The van der Waals surface area contributed by atoms with Crippen molar-refractivity contribution >= 4 is 10.2 Å². The molecule has 1 atom stereocenters. The molecule has 0 amide bonds. The molecule has 6 heteroatoms. The second kappa shape index (κ2) is 8.46. The van der Waals surface area contributed by atoms with Crippen LogP contribution in [0.4, 0.5) is 0 Å². The van der Waals surface area contributed by atoms with E-state index in [1.807, 2.05) is 0 Å². The summed E-state index contributed by atoms with van der Waals surface area (Å²) in [5.41, 5.74) is 0. The Kier molecular flexibility index (Phi) is 6.92. The van der Waals surface area contributed by atoms with Crippen molar-refractivity contribution < 1.29 is 8.42 Å². The zero-order valence-electron chi connectivity index (χ0n) is 13.3. The van der Waals surface area contributed by atoms with Crippen LogP contribution >= 0.6 is 0 Å². The first kappa shape index (κ1) is 17.2. The molecule has 21 heavy (non-hydrogen) atoms. The van der Waals surface area contributed by atoms with Crippen LogP contribution in [0.25, 0.3) is 0 Å². The highest BCUT2D eigenvalue weighted by Gasteiger charge is 2.29. The first-order valence-corrected chi connectivity index (χ1v) is 10.0. The van der Waals surface area contributed by atoms with Crippen molar-refractivity contribution in [2.75, 3.05) is 26.2 Å². The molecule has 1 heterocycles.